The number of rotatable bonds is 4. The normalized spacial score (nSPS) is 22.0. The minimum Gasteiger partial charge on any atom is -0.467 e. The van der Waals surface area contributed by atoms with E-state index in [2.05, 4.69) is 10.1 Å². The van der Waals surface area contributed by atoms with Crippen LogP contribution in [0.4, 0.5) is 0 Å². The molecule has 0 bridgehead atoms. The maximum Gasteiger partial charge on any atom is 0.328 e. The van der Waals surface area contributed by atoms with Crippen LogP contribution in [0.5, 0.6) is 0 Å². The zero-order chi connectivity index (χ0) is 12.8. The zero-order valence-corrected chi connectivity index (χ0v) is 10.7. The van der Waals surface area contributed by atoms with Crippen LogP contribution >= 0.6 is 0 Å². The first-order chi connectivity index (χ1) is 8.06. The van der Waals surface area contributed by atoms with Crippen molar-refractivity contribution in [2.24, 2.45) is 5.92 Å². The van der Waals surface area contributed by atoms with Crippen LogP contribution < -0.4 is 5.32 Å². The van der Waals surface area contributed by atoms with E-state index in [4.69, 9.17) is 4.74 Å². The van der Waals surface area contributed by atoms with E-state index in [0.717, 1.165) is 19.3 Å². The van der Waals surface area contributed by atoms with E-state index in [1.165, 1.54) is 7.11 Å². The van der Waals surface area contributed by atoms with E-state index < -0.39 is 18.1 Å². The molecule has 1 rings (SSSR count). The Hall–Kier alpha value is -1.10. The van der Waals surface area contributed by atoms with Crippen molar-refractivity contribution in [3.05, 3.63) is 0 Å². The first kappa shape index (κ1) is 14.0. The molecule has 0 aromatic heterocycles. The van der Waals surface area contributed by atoms with Crippen LogP contribution in [0.25, 0.3) is 0 Å². The van der Waals surface area contributed by atoms with Crippen molar-refractivity contribution < 1.29 is 19.1 Å². The van der Waals surface area contributed by atoms with Crippen molar-refractivity contribution in [1.82, 2.24) is 5.32 Å². The van der Waals surface area contributed by atoms with Crippen LogP contribution in [0, 0.1) is 5.92 Å². The van der Waals surface area contributed by atoms with Crippen LogP contribution in [0.15, 0.2) is 0 Å². The van der Waals surface area contributed by atoms with Crippen LogP contribution in [-0.2, 0) is 19.1 Å². The van der Waals surface area contributed by atoms with Gasteiger partial charge < -0.3 is 14.8 Å². The molecule has 1 fully saturated rings. The SMILES string of the molecule is COC(=O)C(NC(=O)C1CCCCO1)C(C)C. The van der Waals surface area contributed by atoms with Gasteiger partial charge in [0.15, 0.2) is 0 Å². The van der Waals surface area contributed by atoms with E-state index in [-0.39, 0.29) is 11.8 Å². The van der Waals surface area contributed by atoms with Crippen molar-refractivity contribution in [3.8, 4) is 0 Å². The number of ether oxygens (including phenoxy) is 2. The molecule has 2 unspecified atom stereocenters. The standard InChI is InChI=1S/C12H21NO4/c1-8(2)10(12(15)16-3)13-11(14)9-6-4-5-7-17-9/h8-10H,4-7H2,1-3H3,(H,13,14). The van der Waals surface area contributed by atoms with Gasteiger partial charge in [0, 0.05) is 6.61 Å². The topological polar surface area (TPSA) is 64.6 Å². The molecule has 1 saturated heterocycles. The summed E-state index contributed by atoms with van der Waals surface area (Å²) in [6, 6.07) is -0.599. The average Bonchev–Trinajstić information content (AvgIpc) is 2.35. The van der Waals surface area contributed by atoms with Crippen LogP contribution in [0.3, 0.4) is 0 Å². The minimum absolute atomic E-state index is 0.00464. The third kappa shape index (κ3) is 4.00. The second kappa shape index (κ2) is 6.59. The quantitative estimate of drug-likeness (QED) is 0.744. The van der Waals surface area contributed by atoms with Gasteiger partial charge in [0.25, 0.3) is 0 Å². The van der Waals surface area contributed by atoms with Gasteiger partial charge in [-0.25, -0.2) is 4.79 Å². The number of hydrogen-bond donors (Lipinski definition) is 1. The lowest BCUT2D eigenvalue weighted by Gasteiger charge is -2.25. The lowest BCUT2D eigenvalue weighted by Crippen LogP contribution is -2.49. The molecule has 1 aliphatic heterocycles. The highest BCUT2D eigenvalue weighted by atomic mass is 16.5. The Morgan fingerprint density at radius 3 is 2.53 bits per heavy atom. The predicted octanol–water partition coefficient (Wildman–Crippen LogP) is 0.869. The van der Waals surface area contributed by atoms with Gasteiger partial charge in [-0.2, -0.15) is 0 Å². The van der Waals surface area contributed by atoms with Gasteiger partial charge >= 0.3 is 5.97 Å². The molecule has 0 aromatic carbocycles. The molecule has 5 heteroatoms. The molecule has 5 nitrogen and oxygen atoms in total. The van der Waals surface area contributed by atoms with Crippen molar-refractivity contribution in [1.29, 1.82) is 0 Å². The Morgan fingerprint density at radius 2 is 2.06 bits per heavy atom. The van der Waals surface area contributed by atoms with Crippen LogP contribution in [0.1, 0.15) is 33.1 Å². The van der Waals surface area contributed by atoms with Gasteiger partial charge in [0.05, 0.1) is 7.11 Å². The fraction of sp³-hybridized carbons (Fsp3) is 0.833. The lowest BCUT2D eigenvalue weighted by molar-refractivity contribution is -0.149. The van der Waals surface area contributed by atoms with Gasteiger partial charge in [0.1, 0.15) is 12.1 Å². The second-order valence-corrected chi connectivity index (χ2v) is 4.61. The molecule has 0 spiro atoms. The van der Waals surface area contributed by atoms with Gasteiger partial charge in [-0.3, -0.25) is 4.79 Å². The predicted molar refractivity (Wildman–Crippen MR) is 62.4 cm³/mol. The Bertz CT molecular complexity index is 272. The summed E-state index contributed by atoms with van der Waals surface area (Å²) in [6.07, 6.45) is 2.28. The molecule has 0 radical (unpaired) electrons. The largest absolute Gasteiger partial charge is 0.467 e. The Kier molecular flexibility index (Phi) is 5.41. The molecule has 1 aliphatic rings. The van der Waals surface area contributed by atoms with Crippen molar-refractivity contribution in [2.75, 3.05) is 13.7 Å². The van der Waals surface area contributed by atoms with E-state index in [1.807, 2.05) is 13.8 Å². The summed E-state index contributed by atoms with van der Waals surface area (Å²) in [5.74, 6) is -0.632. The fourth-order valence-electron chi connectivity index (χ4n) is 1.82. The highest BCUT2D eigenvalue weighted by Crippen LogP contribution is 2.13. The van der Waals surface area contributed by atoms with Crippen molar-refractivity contribution in [2.45, 2.75) is 45.3 Å². The Morgan fingerprint density at radius 1 is 1.35 bits per heavy atom. The summed E-state index contributed by atoms with van der Waals surface area (Å²) in [5.41, 5.74) is 0. The summed E-state index contributed by atoms with van der Waals surface area (Å²) >= 11 is 0. The van der Waals surface area contributed by atoms with E-state index in [9.17, 15) is 9.59 Å². The number of hydrogen-bond acceptors (Lipinski definition) is 4. The number of amides is 1. The molecule has 1 amide bonds. The van der Waals surface area contributed by atoms with Gasteiger partial charge in [-0.1, -0.05) is 13.8 Å². The maximum atomic E-state index is 11.9. The summed E-state index contributed by atoms with van der Waals surface area (Å²) in [6.45, 7) is 4.34. The number of carbonyl (C=O) groups excluding carboxylic acids is 2. The van der Waals surface area contributed by atoms with E-state index in [1.54, 1.807) is 0 Å². The minimum atomic E-state index is -0.599. The maximum absolute atomic E-state index is 11.9. The molecule has 1 heterocycles. The molecule has 1 N–H and O–H groups in total. The monoisotopic (exact) mass is 243 g/mol. The first-order valence-corrected chi connectivity index (χ1v) is 6.06. The summed E-state index contributed by atoms with van der Waals surface area (Å²) < 4.78 is 10.0. The second-order valence-electron chi connectivity index (χ2n) is 4.61. The number of nitrogens with one attached hydrogen (secondary N) is 1. The van der Waals surface area contributed by atoms with Gasteiger partial charge in [0.2, 0.25) is 5.91 Å². The van der Waals surface area contributed by atoms with E-state index >= 15 is 0 Å². The molecule has 0 aliphatic carbocycles. The third-order valence-electron chi connectivity index (χ3n) is 2.89. The van der Waals surface area contributed by atoms with Crippen molar-refractivity contribution in [3.63, 3.8) is 0 Å². The molecule has 2 atom stereocenters. The molecule has 98 valence electrons. The first-order valence-electron chi connectivity index (χ1n) is 6.06. The Balaban J connectivity index is 2.54. The van der Waals surface area contributed by atoms with Gasteiger partial charge in [-0.05, 0) is 25.2 Å². The zero-order valence-electron chi connectivity index (χ0n) is 10.7. The molecule has 17 heavy (non-hydrogen) atoms. The summed E-state index contributed by atoms with van der Waals surface area (Å²) in [5, 5.41) is 2.70. The highest BCUT2D eigenvalue weighted by Gasteiger charge is 2.29. The molecular weight excluding hydrogens is 222 g/mol. The molecular formula is C12H21NO4. The summed E-state index contributed by atoms with van der Waals surface area (Å²) in [7, 11) is 1.32. The lowest BCUT2D eigenvalue weighted by atomic mass is 10.0. The summed E-state index contributed by atoms with van der Waals surface area (Å²) in [4.78, 5) is 23.4. The molecule has 0 aromatic rings. The van der Waals surface area contributed by atoms with Crippen LogP contribution in [-0.4, -0.2) is 37.7 Å². The molecule has 0 saturated carbocycles. The number of methoxy groups -OCH3 is 1. The third-order valence-corrected chi connectivity index (χ3v) is 2.89. The van der Waals surface area contributed by atoms with Gasteiger partial charge in [-0.15, -0.1) is 0 Å². The number of carbonyl (C=O) groups is 2. The fourth-order valence-corrected chi connectivity index (χ4v) is 1.82. The van der Waals surface area contributed by atoms with E-state index in [0.29, 0.717) is 6.61 Å². The smallest absolute Gasteiger partial charge is 0.328 e. The van der Waals surface area contributed by atoms with Crippen molar-refractivity contribution >= 4 is 11.9 Å². The number of esters is 1. The highest BCUT2D eigenvalue weighted by molar-refractivity contribution is 5.87. The van der Waals surface area contributed by atoms with Crippen LogP contribution in [0.2, 0.25) is 0 Å². The Labute approximate surface area is 102 Å². The average molecular weight is 243 g/mol.